The SMILES string of the molecule is CC[C@H](NC(=S)Nc1cccc(OC(C)C)c1)c1ccc(OC)c(OC)c1. The largest absolute Gasteiger partial charge is 0.493 e. The topological polar surface area (TPSA) is 51.8 Å². The van der Waals surface area contributed by atoms with Crippen LogP contribution in [0.5, 0.6) is 17.2 Å². The number of ether oxygens (including phenoxy) is 3. The molecular formula is C21H28N2O3S. The van der Waals surface area contributed by atoms with E-state index in [9.17, 15) is 0 Å². The average Bonchev–Trinajstić information content (AvgIpc) is 2.65. The van der Waals surface area contributed by atoms with Gasteiger partial charge in [0.25, 0.3) is 0 Å². The van der Waals surface area contributed by atoms with Gasteiger partial charge in [0.1, 0.15) is 5.75 Å². The van der Waals surface area contributed by atoms with Crippen molar-refractivity contribution in [3.8, 4) is 17.2 Å². The van der Waals surface area contributed by atoms with Gasteiger partial charge in [-0.3, -0.25) is 0 Å². The van der Waals surface area contributed by atoms with Crippen molar-refractivity contribution in [2.45, 2.75) is 39.3 Å². The second kappa shape index (κ2) is 10.0. The Kier molecular flexibility index (Phi) is 7.73. The van der Waals surface area contributed by atoms with E-state index in [0.717, 1.165) is 23.4 Å². The Bertz CT molecular complexity index is 765. The Labute approximate surface area is 167 Å². The minimum absolute atomic E-state index is 0.0555. The summed E-state index contributed by atoms with van der Waals surface area (Å²) in [5.74, 6) is 2.22. The monoisotopic (exact) mass is 388 g/mol. The lowest BCUT2D eigenvalue weighted by atomic mass is 10.0. The van der Waals surface area contributed by atoms with Gasteiger partial charge in [-0.15, -0.1) is 0 Å². The van der Waals surface area contributed by atoms with Gasteiger partial charge < -0.3 is 24.8 Å². The van der Waals surface area contributed by atoms with Gasteiger partial charge in [-0.05, 0) is 62.3 Å². The first kappa shape index (κ1) is 20.8. The molecule has 0 heterocycles. The summed E-state index contributed by atoms with van der Waals surface area (Å²) in [4.78, 5) is 0. The summed E-state index contributed by atoms with van der Waals surface area (Å²) in [5.41, 5.74) is 1.96. The molecule has 1 atom stereocenters. The van der Waals surface area contributed by atoms with Crippen molar-refractivity contribution in [3.05, 3.63) is 48.0 Å². The van der Waals surface area contributed by atoms with Gasteiger partial charge in [-0.25, -0.2) is 0 Å². The molecule has 2 aromatic rings. The van der Waals surface area contributed by atoms with Crippen LogP contribution in [0.2, 0.25) is 0 Å². The van der Waals surface area contributed by atoms with Crippen molar-refractivity contribution in [1.82, 2.24) is 5.32 Å². The van der Waals surface area contributed by atoms with E-state index in [1.54, 1.807) is 14.2 Å². The van der Waals surface area contributed by atoms with E-state index < -0.39 is 0 Å². The van der Waals surface area contributed by atoms with Crippen molar-refractivity contribution in [1.29, 1.82) is 0 Å². The molecular weight excluding hydrogens is 360 g/mol. The molecule has 2 rings (SSSR count). The fourth-order valence-corrected chi connectivity index (χ4v) is 3.00. The van der Waals surface area contributed by atoms with Crippen LogP contribution < -0.4 is 24.8 Å². The molecule has 2 N–H and O–H groups in total. The van der Waals surface area contributed by atoms with E-state index in [2.05, 4.69) is 17.6 Å². The molecule has 5 nitrogen and oxygen atoms in total. The minimum atomic E-state index is 0.0555. The van der Waals surface area contributed by atoms with Gasteiger partial charge in [0.15, 0.2) is 16.6 Å². The standard InChI is InChI=1S/C21H28N2O3S/c1-6-18(15-10-11-19(24-4)20(12-15)25-5)23-21(27)22-16-8-7-9-17(13-16)26-14(2)3/h7-14,18H,6H2,1-5H3,(H2,22,23,27)/t18-/m0/s1. The van der Waals surface area contributed by atoms with Gasteiger partial charge in [0, 0.05) is 11.8 Å². The molecule has 0 fully saturated rings. The van der Waals surface area contributed by atoms with E-state index in [-0.39, 0.29) is 12.1 Å². The van der Waals surface area contributed by atoms with Crippen LogP contribution in [0.1, 0.15) is 38.8 Å². The molecule has 0 spiro atoms. The highest BCUT2D eigenvalue weighted by molar-refractivity contribution is 7.80. The smallest absolute Gasteiger partial charge is 0.171 e. The number of nitrogens with one attached hydrogen (secondary N) is 2. The number of hydrogen-bond donors (Lipinski definition) is 2. The van der Waals surface area contributed by atoms with Crippen LogP contribution in [-0.4, -0.2) is 25.4 Å². The molecule has 146 valence electrons. The molecule has 0 bridgehead atoms. The maximum absolute atomic E-state index is 5.73. The highest BCUT2D eigenvalue weighted by Gasteiger charge is 2.14. The maximum Gasteiger partial charge on any atom is 0.171 e. The van der Waals surface area contributed by atoms with Crippen molar-refractivity contribution >= 4 is 23.0 Å². The molecule has 0 aliphatic rings. The summed E-state index contributed by atoms with van der Waals surface area (Å²) in [6.07, 6.45) is 0.994. The fraction of sp³-hybridized carbons (Fsp3) is 0.381. The predicted molar refractivity (Wildman–Crippen MR) is 114 cm³/mol. The molecule has 0 saturated carbocycles. The number of rotatable bonds is 8. The van der Waals surface area contributed by atoms with Crippen molar-refractivity contribution in [2.75, 3.05) is 19.5 Å². The third-order valence-electron chi connectivity index (χ3n) is 3.99. The Balaban J connectivity index is 2.07. The lowest BCUT2D eigenvalue weighted by Gasteiger charge is -2.21. The van der Waals surface area contributed by atoms with Crippen LogP contribution in [-0.2, 0) is 0 Å². The minimum Gasteiger partial charge on any atom is -0.493 e. The molecule has 0 saturated heterocycles. The van der Waals surface area contributed by atoms with E-state index in [0.29, 0.717) is 16.6 Å². The summed E-state index contributed by atoms with van der Waals surface area (Å²) in [5, 5.41) is 7.14. The van der Waals surface area contributed by atoms with Gasteiger partial charge in [0.2, 0.25) is 0 Å². The molecule has 0 aromatic heterocycles. The summed E-state index contributed by atoms with van der Waals surface area (Å²) in [6.45, 7) is 6.11. The molecule has 27 heavy (non-hydrogen) atoms. The highest BCUT2D eigenvalue weighted by Crippen LogP contribution is 2.31. The Hall–Kier alpha value is -2.47. The van der Waals surface area contributed by atoms with E-state index in [4.69, 9.17) is 26.4 Å². The summed E-state index contributed by atoms with van der Waals surface area (Å²) in [6, 6.07) is 13.7. The maximum atomic E-state index is 5.73. The molecule has 6 heteroatoms. The highest BCUT2D eigenvalue weighted by atomic mass is 32.1. The third kappa shape index (κ3) is 6.03. The zero-order valence-corrected chi connectivity index (χ0v) is 17.4. The predicted octanol–water partition coefficient (Wildman–Crippen LogP) is 4.93. The van der Waals surface area contributed by atoms with E-state index in [1.807, 2.05) is 56.3 Å². The summed E-state index contributed by atoms with van der Waals surface area (Å²) in [7, 11) is 3.26. The number of hydrogen-bond acceptors (Lipinski definition) is 4. The van der Waals surface area contributed by atoms with Gasteiger partial charge in [-0.2, -0.15) is 0 Å². The van der Waals surface area contributed by atoms with Gasteiger partial charge in [-0.1, -0.05) is 19.1 Å². The molecule has 2 aromatic carbocycles. The van der Waals surface area contributed by atoms with Crippen molar-refractivity contribution in [3.63, 3.8) is 0 Å². The first-order valence-corrected chi connectivity index (χ1v) is 9.43. The second-order valence-electron chi connectivity index (χ2n) is 6.37. The number of benzene rings is 2. The van der Waals surface area contributed by atoms with Crippen molar-refractivity contribution < 1.29 is 14.2 Å². The Morgan fingerprint density at radius 3 is 2.41 bits per heavy atom. The average molecular weight is 389 g/mol. The van der Waals surface area contributed by atoms with E-state index in [1.165, 1.54) is 0 Å². The zero-order chi connectivity index (χ0) is 19.8. The molecule has 0 radical (unpaired) electrons. The fourth-order valence-electron chi connectivity index (χ4n) is 2.74. The Morgan fingerprint density at radius 2 is 1.78 bits per heavy atom. The third-order valence-corrected chi connectivity index (χ3v) is 4.21. The van der Waals surface area contributed by atoms with Gasteiger partial charge in [0.05, 0.1) is 26.4 Å². The lowest BCUT2D eigenvalue weighted by Crippen LogP contribution is -2.32. The van der Waals surface area contributed by atoms with Crippen LogP contribution >= 0.6 is 12.2 Å². The Morgan fingerprint density at radius 1 is 1.04 bits per heavy atom. The molecule has 0 aliphatic carbocycles. The van der Waals surface area contributed by atoms with Crippen LogP contribution in [0.15, 0.2) is 42.5 Å². The van der Waals surface area contributed by atoms with Crippen molar-refractivity contribution in [2.24, 2.45) is 0 Å². The van der Waals surface area contributed by atoms with Gasteiger partial charge >= 0.3 is 0 Å². The first-order chi connectivity index (χ1) is 13.0. The van der Waals surface area contributed by atoms with Crippen LogP contribution in [0.25, 0.3) is 0 Å². The summed E-state index contributed by atoms with van der Waals surface area (Å²) < 4.78 is 16.4. The summed E-state index contributed by atoms with van der Waals surface area (Å²) >= 11 is 5.50. The molecule has 0 amide bonds. The molecule has 0 aliphatic heterocycles. The zero-order valence-electron chi connectivity index (χ0n) is 16.5. The lowest BCUT2D eigenvalue weighted by molar-refractivity contribution is 0.242. The number of anilines is 1. The van der Waals surface area contributed by atoms with Crippen LogP contribution in [0.4, 0.5) is 5.69 Å². The number of thiocarbonyl (C=S) groups is 1. The second-order valence-corrected chi connectivity index (χ2v) is 6.78. The quantitative estimate of drug-likeness (QED) is 0.626. The normalized spacial score (nSPS) is 11.6. The first-order valence-electron chi connectivity index (χ1n) is 9.03. The van der Waals surface area contributed by atoms with Crippen LogP contribution in [0, 0.1) is 0 Å². The molecule has 0 unspecified atom stereocenters. The van der Waals surface area contributed by atoms with E-state index >= 15 is 0 Å². The van der Waals surface area contributed by atoms with Crippen LogP contribution in [0.3, 0.4) is 0 Å². The number of methoxy groups -OCH3 is 2.